The average molecular weight is 319 g/mol. The zero-order chi connectivity index (χ0) is 15.9. The summed E-state index contributed by atoms with van der Waals surface area (Å²) in [6.45, 7) is 2.30. The largest absolute Gasteiger partial charge is 0.492 e. The van der Waals surface area contributed by atoms with Crippen molar-refractivity contribution in [2.45, 2.75) is 12.3 Å². The molecular formula is C16H15ClN2O3. The summed E-state index contributed by atoms with van der Waals surface area (Å²) < 4.78 is 5.46. The first kappa shape index (κ1) is 16.0. The van der Waals surface area contributed by atoms with E-state index in [9.17, 15) is 4.79 Å². The van der Waals surface area contributed by atoms with Crippen LogP contribution in [0.1, 0.15) is 17.3 Å². The van der Waals surface area contributed by atoms with Crippen molar-refractivity contribution < 1.29 is 14.6 Å². The van der Waals surface area contributed by atoms with Crippen LogP contribution in [0, 0.1) is 0 Å². The summed E-state index contributed by atoms with van der Waals surface area (Å²) >= 11 is 5.81. The molecule has 1 unspecified atom stereocenters. The van der Waals surface area contributed by atoms with Crippen LogP contribution in [0.2, 0.25) is 0 Å². The van der Waals surface area contributed by atoms with Crippen molar-refractivity contribution in [2.24, 2.45) is 10.2 Å². The Hall–Kier alpha value is -2.40. The fourth-order valence-corrected chi connectivity index (χ4v) is 1.67. The van der Waals surface area contributed by atoms with Gasteiger partial charge in [0.2, 0.25) is 0 Å². The summed E-state index contributed by atoms with van der Waals surface area (Å²) in [4.78, 5) is 10.7. The molecule has 0 fully saturated rings. The van der Waals surface area contributed by atoms with Crippen LogP contribution >= 0.6 is 11.6 Å². The van der Waals surface area contributed by atoms with E-state index in [0.717, 1.165) is 5.75 Å². The highest BCUT2D eigenvalue weighted by atomic mass is 35.5. The lowest BCUT2D eigenvalue weighted by atomic mass is 10.2. The minimum absolute atomic E-state index is 0.0480. The molecule has 114 valence electrons. The van der Waals surface area contributed by atoms with E-state index in [0.29, 0.717) is 18.0 Å². The molecule has 2 aromatic rings. The molecule has 22 heavy (non-hydrogen) atoms. The minimum Gasteiger partial charge on any atom is -0.492 e. The molecule has 1 atom stereocenters. The average Bonchev–Trinajstić information content (AvgIpc) is 2.52. The van der Waals surface area contributed by atoms with E-state index < -0.39 is 5.97 Å². The van der Waals surface area contributed by atoms with Gasteiger partial charge in [-0.2, -0.15) is 10.2 Å². The molecule has 0 aliphatic carbocycles. The van der Waals surface area contributed by atoms with Gasteiger partial charge in [-0.3, -0.25) is 0 Å². The first-order chi connectivity index (χ1) is 10.5. The third-order valence-corrected chi connectivity index (χ3v) is 2.84. The Morgan fingerprint density at radius 1 is 1.09 bits per heavy atom. The molecule has 0 aromatic heterocycles. The Bertz CT molecular complexity index is 652. The van der Waals surface area contributed by atoms with Gasteiger partial charge in [0, 0.05) is 0 Å². The van der Waals surface area contributed by atoms with Gasteiger partial charge < -0.3 is 9.84 Å². The van der Waals surface area contributed by atoms with Gasteiger partial charge in [-0.15, -0.1) is 11.6 Å². The number of ether oxygens (including phenoxy) is 1. The number of carboxylic acids is 1. The standard InChI is InChI=1S/C16H15ClN2O3/c1-11(17)10-22-15-8-6-14(7-9-15)19-18-13-4-2-12(3-5-13)16(20)21/h2-9,11H,10H2,1H3,(H,20,21). The van der Waals surface area contributed by atoms with Gasteiger partial charge in [-0.05, 0) is 55.5 Å². The van der Waals surface area contributed by atoms with Crippen molar-refractivity contribution in [3.05, 3.63) is 54.1 Å². The molecule has 1 N–H and O–H groups in total. The molecule has 0 bridgehead atoms. The third kappa shape index (κ3) is 4.86. The van der Waals surface area contributed by atoms with Crippen molar-refractivity contribution >= 4 is 28.9 Å². The molecule has 0 aliphatic heterocycles. The Balaban J connectivity index is 1.99. The minimum atomic E-state index is -0.967. The lowest BCUT2D eigenvalue weighted by molar-refractivity contribution is 0.0697. The molecule has 2 aromatic carbocycles. The smallest absolute Gasteiger partial charge is 0.335 e. The Labute approximate surface area is 133 Å². The molecule has 0 saturated carbocycles. The highest BCUT2D eigenvalue weighted by molar-refractivity contribution is 6.20. The number of carboxylic acid groups (broad SMARTS) is 1. The maximum Gasteiger partial charge on any atom is 0.335 e. The lowest BCUT2D eigenvalue weighted by Crippen LogP contribution is -2.06. The van der Waals surface area contributed by atoms with Crippen molar-refractivity contribution in [1.29, 1.82) is 0 Å². The van der Waals surface area contributed by atoms with Crippen molar-refractivity contribution in [1.82, 2.24) is 0 Å². The number of benzene rings is 2. The molecular weight excluding hydrogens is 304 g/mol. The van der Waals surface area contributed by atoms with E-state index in [-0.39, 0.29) is 10.9 Å². The summed E-state index contributed by atoms with van der Waals surface area (Å²) in [5.74, 6) is -0.248. The molecule has 0 saturated heterocycles. The van der Waals surface area contributed by atoms with Crippen LogP contribution in [0.15, 0.2) is 58.8 Å². The maximum atomic E-state index is 10.7. The first-order valence-electron chi connectivity index (χ1n) is 6.66. The predicted molar refractivity (Wildman–Crippen MR) is 84.8 cm³/mol. The van der Waals surface area contributed by atoms with E-state index >= 15 is 0 Å². The summed E-state index contributed by atoms with van der Waals surface area (Å²) in [7, 11) is 0. The summed E-state index contributed by atoms with van der Waals surface area (Å²) in [6.07, 6.45) is 0. The number of hydrogen-bond acceptors (Lipinski definition) is 4. The topological polar surface area (TPSA) is 71.2 Å². The van der Waals surface area contributed by atoms with Crippen LogP contribution in [0.4, 0.5) is 11.4 Å². The van der Waals surface area contributed by atoms with E-state index in [2.05, 4.69) is 10.2 Å². The second kappa shape index (κ2) is 7.56. The highest BCUT2D eigenvalue weighted by Crippen LogP contribution is 2.21. The van der Waals surface area contributed by atoms with E-state index in [1.807, 2.05) is 6.92 Å². The van der Waals surface area contributed by atoms with Crippen LogP contribution in [-0.4, -0.2) is 23.1 Å². The molecule has 0 heterocycles. The van der Waals surface area contributed by atoms with Crippen molar-refractivity contribution in [3.63, 3.8) is 0 Å². The van der Waals surface area contributed by atoms with Gasteiger partial charge in [-0.1, -0.05) is 0 Å². The Morgan fingerprint density at radius 3 is 2.05 bits per heavy atom. The number of carbonyl (C=O) groups is 1. The molecule has 0 amide bonds. The van der Waals surface area contributed by atoms with E-state index in [4.69, 9.17) is 21.4 Å². The van der Waals surface area contributed by atoms with Gasteiger partial charge in [0.05, 0.1) is 22.3 Å². The van der Waals surface area contributed by atoms with Gasteiger partial charge in [0.25, 0.3) is 0 Å². The monoisotopic (exact) mass is 318 g/mol. The molecule has 0 aliphatic rings. The zero-order valence-electron chi connectivity index (χ0n) is 11.9. The van der Waals surface area contributed by atoms with Gasteiger partial charge >= 0.3 is 5.97 Å². The van der Waals surface area contributed by atoms with Gasteiger partial charge in [0.15, 0.2) is 0 Å². The zero-order valence-corrected chi connectivity index (χ0v) is 12.7. The lowest BCUT2D eigenvalue weighted by Gasteiger charge is -2.06. The number of halogens is 1. The summed E-state index contributed by atoms with van der Waals surface area (Å²) in [5.41, 5.74) is 1.48. The van der Waals surface area contributed by atoms with Crippen LogP contribution in [0.25, 0.3) is 0 Å². The molecule has 6 heteroatoms. The number of aromatic carboxylic acids is 1. The third-order valence-electron chi connectivity index (χ3n) is 2.71. The highest BCUT2D eigenvalue weighted by Gasteiger charge is 2.01. The Morgan fingerprint density at radius 2 is 1.59 bits per heavy atom. The molecule has 0 spiro atoms. The normalized spacial score (nSPS) is 12.3. The van der Waals surface area contributed by atoms with E-state index in [1.54, 1.807) is 36.4 Å². The second-order valence-corrected chi connectivity index (χ2v) is 5.38. The SMILES string of the molecule is CC(Cl)COc1ccc(N=Nc2ccc(C(=O)O)cc2)cc1. The first-order valence-corrected chi connectivity index (χ1v) is 7.10. The Kier molecular flexibility index (Phi) is 5.49. The number of alkyl halides is 1. The number of azo groups is 1. The summed E-state index contributed by atoms with van der Waals surface area (Å²) in [5, 5.41) is 16.9. The van der Waals surface area contributed by atoms with Crippen molar-refractivity contribution in [2.75, 3.05) is 6.61 Å². The van der Waals surface area contributed by atoms with Crippen LogP contribution in [0.5, 0.6) is 5.75 Å². The van der Waals surface area contributed by atoms with Crippen LogP contribution < -0.4 is 4.74 Å². The second-order valence-electron chi connectivity index (χ2n) is 4.64. The number of hydrogen-bond donors (Lipinski definition) is 1. The van der Waals surface area contributed by atoms with Crippen molar-refractivity contribution in [3.8, 4) is 5.75 Å². The van der Waals surface area contributed by atoms with Crippen LogP contribution in [0.3, 0.4) is 0 Å². The molecule has 5 nitrogen and oxygen atoms in total. The molecule has 0 radical (unpaired) electrons. The fourth-order valence-electron chi connectivity index (χ4n) is 1.61. The fraction of sp³-hybridized carbons (Fsp3) is 0.188. The van der Waals surface area contributed by atoms with Crippen LogP contribution in [-0.2, 0) is 0 Å². The summed E-state index contributed by atoms with van der Waals surface area (Å²) in [6, 6.07) is 13.3. The number of nitrogens with zero attached hydrogens (tertiary/aromatic N) is 2. The molecule has 2 rings (SSSR count). The quantitative estimate of drug-likeness (QED) is 0.614. The van der Waals surface area contributed by atoms with Gasteiger partial charge in [-0.25, -0.2) is 4.79 Å². The maximum absolute atomic E-state index is 10.7. The van der Waals surface area contributed by atoms with Gasteiger partial charge in [0.1, 0.15) is 12.4 Å². The number of rotatable bonds is 6. The van der Waals surface area contributed by atoms with E-state index in [1.165, 1.54) is 12.1 Å². The predicted octanol–water partition coefficient (Wildman–Crippen LogP) is 4.81.